The molecule has 0 aliphatic heterocycles. The van der Waals surface area contributed by atoms with E-state index in [1.165, 1.54) is 40.7 Å². The fourth-order valence-corrected chi connectivity index (χ4v) is 3.71. The van der Waals surface area contributed by atoms with E-state index in [0.29, 0.717) is 6.04 Å². The van der Waals surface area contributed by atoms with Gasteiger partial charge in [0, 0.05) is 12.6 Å². The van der Waals surface area contributed by atoms with E-state index in [-0.39, 0.29) is 0 Å². The zero-order valence-electron chi connectivity index (χ0n) is 14.4. The molecule has 25 heavy (non-hydrogen) atoms. The lowest BCUT2D eigenvalue weighted by molar-refractivity contribution is 0.564. The molecule has 1 aliphatic rings. The molecule has 1 atom stereocenters. The summed E-state index contributed by atoms with van der Waals surface area (Å²) in [6, 6.07) is 30.6. The topological polar surface area (TPSA) is 12.0 Å². The molecule has 1 aliphatic carbocycles. The number of nitrogens with one attached hydrogen (secondary N) is 1. The number of hydrogen-bond acceptors (Lipinski definition) is 1. The molecule has 1 N–H and O–H groups in total. The summed E-state index contributed by atoms with van der Waals surface area (Å²) < 4.78 is 0. The van der Waals surface area contributed by atoms with Gasteiger partial charge in [-0.25, -0.2) is 0 Å². The number of benzene rings is 3. The van der Waals surface area contributed by atoms with Gasteiger partial charge in [-0.05, 0) is 40.7 Å². The molecule has 4 rings (SSSR count). The van der Waals surface area contributed by atoms with Gasteiger partial charge < -0.3 is 5.32 Å². The Morgan fingerprint density at radius 1 is 0.800 bits per heavy atom. The molecule has 0 bridgehead atoms. The number of rotatable bonds is 5. The molecular weight excluding hydrogens is 302 g/mol. The first-order chi connectivity index (χ1) is 12.4. The molecule has 0 fully saturated rings. The minimum Gasteiger partial charge on any atom is -0.306 e. The van der Waals surface area contributed by atoms with Crippen LogP contribution in [0.15, 0.2) is 91.0 Å². The molecule has 0 radical (unpaired) electrons. The molecule has 0 aromatic heterocycles. The van der Waals surface area contributed by atoms with Crippen LogP contribution in [0.3, 0.4) is 0 Å². The summed E-state index contributed by atoms with van der Waals surface area (Å²) in [5.41, 5.74) is 6.79. The van der Waals surface area contributed by atoms with Gasteiger partial charge in [-0.2, -0.15) is 0 Å². The van der Waals surface area contributed by atoms with Gasteiger partial charge in [-0.15, -0.1) is 0 Å². The monoisotopic (exact) mass is 325 g/mol. The molecule has 1 nitrogen and oxygen atoms in total. The molecule has 0 heterocycles. The average Bonchev–Trinajstić information content (AvgIpc) is 3.10. The third-order valence-corrected chi connectivity index (χ3v) is 4.97. The number of fused-ring (bicyclic) bond motifs is 1. The molecule has 0 spiro atoms. The molecule has 1 unspecified atom stereocenters. The van der Waals surface area contributed by atoms with Crippen molar-refractivity contribution in [2.45, 2.75) is 18.9 Å². The Hall–Kier alpha value is -2.64. The van der Waals surface area contributed by atoms with Gasteiger partial charge in [0.15, 0.2) is 0 Å². The highest BCUT2D eigenvalue weighted by molar-refractivity contribution is 5.79. The van der Waals surface area contributed by atoms with Gasteiger partial charge in [0.25, 0.3) is 0 Å². The minimum absolute atomic E-state index is 0.472. The lowest BCUT2D eigenvalue weighted by Gasteiger charge is -2.14. The van der Waals surface area contributed by atoms with E-state index in [9.17, 15) is 0 Å². The number of aryl methyl sites for hydroxylation is 1. The SMILES string of the molecule is C(CNC1CCc2ccccc21)=C(c1ccccc1)c1ccccc1. The normalized spacial score (nSPS) is 15.6. The first-order valence-electron chi connectivity index (χ1n) is 9.04. The predicted octanol–water partition coefficient (Wildman–Crippen LogP) is 5.40. The molecule has 3 aromatic carbocycles. The smallest absolute Gasteiger partial charge is 0.0328 e. The quantitative estimate of drug-likeness (QED) is 0.662. The van der Waals surface area contributed by atoms with Crippen molar-refractivity contribution in [1.29, 1.82) is 0 Å². The average molecular weight is 325 g/mol. The van der Waals surface area contributed by atoms with Gasteiger partial charge >= 0.3 is 0 Å². The molecular formula is C24H23N. The van der Waals surface area contributed by atoms with E-state index in [1.807, 2.05) is 0 Å². The summed E-state index contributed by atoms with van der Waals surface area (Å²) in [5.74, 6) is 0. The van der Waals surface area contributed by atoms with Crippen molar-refractivity contribution in [2.75, 3.05) is 6.54 Å². The summed E-state index contributed by atoms with van der Waals surface area (Å²) in [5, 5.41) is 3.73. The maximum absolute atomic E-state index is 3.73. The maximum Gasteiger partial charge on any atom is 0.0328 e. The molecule has 0 saturated heterocycles. The van der Waals surface area contributed by atoms with E-state index in [0.717, 1.165) is 6.54 Å². The van der Waals surface area contributed by atoms with Crippen molar-refractivity contribution in [3.8, 4) is 0 Å². The Labute approximate surface area is 150 Å². The second kappa shape index (κ2) is 7.50. The fraction of sp³-hybridized carbons (Fsp3) is 0.167. The fourth-order valence-electron chi connectivity index (χ4n) is 3.71. The first-order valence-corrected chi connectivity index (χ1v) is 9.04. The van der Waals surface area contributed by atoms with Crippen LogP contribution < -0.4 is 5.32 Å². The third kappa shape index (κ3) is 3.57. The van der Waals surface area contributed by atoms with Crippen LogP contribution in [0.4, 0.5) is 0 Å². The highest BCUT2D eigenvalue weighted by atomic mass is 14.9. The third-order valence-electron chi connectivity index (χ3n) is 4.97. The van der Waals surface area contributed by atoms with Gasteiger partial charge in [0.2, 0.25) is 0 Å². The standard InChI is InChI=1S/C24H23N/c1-3-9-19(10-4-1)22(20-11-5-2-6-12-20)17-18-25-24-16-15-21-13-7-8-14-23(21)24/h1-14,17,24-25H,15-16,18H2. The minimum atomic E-state index is 0.472. The first kappa shape index (κ1) is 15.9. The van der Waals surface area contributed by atoms with E-state index in [1.54, 1.807) is 0 Å². The summed E-state index contributed by atoms with van der Waals surface area (Å²) >= 11 is 0. The van der Waals surface area contributed by atoms with E-state index in [4.69, 9.17) is 0 Å². The Balaban J connectivity index is 1.55. The highest BCUT2D eigenvalue weighted by Crippen LogP contribution is 2.30. The van der Waals surface area contributed by atoms with Gasteiger partial charge in [-0.3, -0.25) is 0 Å². The largest absolute Gasteiger partial charge is 0.306 e. The lowest BCUT2D eigenvalue weighted by Crippen LogP contribution is -2.19. The molecule has 0 amide bonds. The summed E-state index contributed by atoms with van der Waals surface area (Å²) in [6.45, 7) is 0.873. The molecule has 0 saturated carbocycles. The zero-order valence-corrected chi connectivity index (χ0v) is 14.4. The second-order valence-corrected chi connectivity index (χ2v) is 6.55. The Kier molecular flexibility index (Phi) is 4.76. The van der Waals surface area contributed by atoms with Crippen LogP contribution in [-0.2, 0) is 6.42 Å². The zero-order chi connectivity index (χ0) is 16.9. The van der Waals surface area contributed by atoms with Crippen molar-refractivity contribution in [2.24, 2.45) is 0 Å². The lowest BCUT2D eigenvalue weighted by atomic mass is 9.97. The Morgan fingerprint density at radius 2 is 1.40 bits per heavy atom. The molecule has 1 heteroatoms. The maximum atomic E-state index is 3.73. The predicted molar refractivity (Wildman–Crippen MR) is 105 cm³/mol. The summed E-state index contributed by atoms with van der Waals surface area (Å²) in [4.78, 5) is 0. The van der Waals surface area contributed by atoms with Crippen molar-refractivity contribution >= 4 is 5.57 Å². The van der Waals surface area contributed by atoms with Crippen molar-refractivity contribution in [1.82, 2.24) is 5.32 Å². The van der Waals surface area contributed by atoms with Crippen molar-refractivity contribution < 1.29 is 0 Å². The van der Waals surface area contributed by atoms with Crippen LogP contribution >= 0.6 is 0 Å². The Morgan fingerprint density at radius 3 is 2.08 bits per heavy atom. The van der Waals surface area contributed by atoms with Crippen LogP contribution in [0.1, 0.15) is 34.7 Å². The summed E-state index contributed by atoms with van der Waals surface area (Å²) in [7, 11) is 0. The van der Waals surface area contributed by atoms with E-state index >= 15 is 0 Å². The van der Waals surface area contributed by atoms with Crippen LogP contribution in [0.2, 0.25) is 0 Å². The van der Waals surface area contributed by atoms with Crippen LogP contribution in [-0.4, -0.2) is 6.54 Å². The van der Waals surface area contributed by atoms with Gasteiger partial charge in [-0.1, -0.05) is 91.0 Å². The van der Waals surface area contributed by atoms with Gasteiger partial charge in [0.05, 0.1) is 0 Å². The molecule has 3 aromatic rings. The van der Waals surface area contributed by atoms with E-state index in [2.05, 4.69) is 96.3 Å². The summed E-state index contributed by atoms with van der Waals surface area (Å²) in [6.07, 6.45) is 4.70. The Bertz CT molecular complexity index is 808. The van der Waals surface area contributed by atoms with Crippen LogP contribution in [0.5, 0.6) is 0 Å². The van der Waals surface area contributed by atoms with Gasteiger partial charge in [0.1, 0.15) is 0 Å². The second-order valence-electron chi connectivity index (χ2n) is 6.55. The van der Waals surface area contributed by atoms with Crippen LogP contribution in [0.25, 0.3) is 5.57 Å². The van der Waals surface area contributed by atoms with Crippen LogP contribution in [0, 0.1) is 0 Å². The van der Waals surface area contributed by atoms with Crippen molar-refractivity contribution in [3.63, 3.8) is 0 Å². The van der Waals surface area contributed by atoms with E-state index < -0.39 is 0 Å². The highest BCUT2D eigenvalue weighted by Gasteiger charge is 2.20. The number of hydrogen-bond donors (Lipinski definition) is 1. The molecule has 124 valence electrons. The van der Waals surface area contributed by atoms with Crippen molar-refractivity contribution in [3.05, 3.63) is 113 Å².